The maximum absolute atomic E-state index is 3.40. The molecular formula is C27H21N2+. The summed E-state index contributed by atoms with van der Waals surface area (Å²) < 4.78 is 4.25. The molecule has 138 valence electrons. The Bertz CT molecular complexity index is 1370. The Kier molecular flexibility index (Phi) is 4.15. The van der Waals surface area contributed by atoms with Crippen LogP contribution in [-0.4, -0.2) is 4.57 Å². The van der Waals surface area contributed by atoms with Crippen molar-refractivity contribution in [3.05, 3.63) is 102 Å². The molecule has 2 heteroatoms. The van der Waals surface area contributed by atoms with E-state index in [1.54, 1.807) is 0 Å². The highest BCUT2D eigenvalue weighted by Crippen LogP contribution is 2.28. The first-order chi connectivity index (χ1) is 14.2. The first-order valence-electron chi connectivity index (χ1n) is 9.78. The van der Waals surface area contributed by atoms with Gasteiger partial charge in [-0.1, -0.05) is 42.5 Å². The van der Waals surface area contributed by atoms with Gasteiger partial charge in [0, 0.05) is 34.5 Å². The predicted molar refractivity (Wildman–Crippen MR) is 120 cm³/mol. The molecule has 0 N–H and O–H groups in total. The fourth-order valence-electron chi connectivity index (χ4n) is 3.94. The number of rotatable bonds is 1. The molecule has 0 bridgehead atoms. The van der Waals surface area contributed by atoms with Gasteiger partial charge in [0.05, 0.1) is 16.6 Å². The van der Waals surface area contributed by atoms with E-state index in [0.717, 1.165) is 16.6 Å². The number of hydrogen-bond acceptors (Lipinski definition) is 0. The third-order valence-corrected chi connectivity index (χ3v) is 5.46. The van der Waals surface area contributed by atoms with E-state index < -0.39 is 0 Å². The molecule has 2 nitrogen and oxygen atoms in total. The van der Waals surface area contributed by atoms with E-state index in [0.29, 0.717) is 0 Å². The van der Waals surface area contributed by atoms with E-state index in [4.69, 9.17) is 0 Å². The minimum atomic E-state index is 1.01. The highest BCUT2D eigenvalue weighted by atomic mass is 14.9. The van der Waals surface area contributed by atoms with Crippen LogP contribution in [0.4, 0.5) is 0 Å². The van der Waals surface area contributed by atoms with Gasteiger partial charge in [0.1, 0.15) is 7.05 Å². The number of nitrogens with zero attached hydrogens (tertiary/aromatic N) is 2. The normalized spacial score (nSPS) is 10.8. The summed E-state index contributed by atoms with van der Waals surface area (Å²) in [6, 6.07) is 33.0. The molecule has 0 unspecified atom stereocenters. The summed E-state index contributed by atoms with van der Waals surface area (Å²) in [6.45, 7) is 2.15. The van der Waals surface area contributed by atoms with Gasteiger partial charge in [-0.2, -0.15) is 0 Å². The summed E-state index contributed by atoms with van der Waals surface area (Å²) in [5.41, 5.74) is 6.93. The average Bonchev–Trinajstić information content (AvgIpc) is 3.08. The van der Waals surface area contributed by atoms with E-state index >= 15 is 0 Å². The first kappa shape index (κ1) is 17.3. The van der Waals surface area contributed by atoms with Crippen molar-refractivity contribution in [1.29, 1.82) is 0 Å². The van der Waals surface area contributed by atoms with Gasteiger partial charge in [0.2, 0.25) is 5.69 Å². The number of aromatic nitrogens is 2. The van der Waals surface area contributed by atoms with Crippen LogP contribution in [0.3, 0.4) is 0 Å². The lowest BCUT2D eigenvalue weighted by molar-refractivity contribution is -0.660. The van der Waals surface area contributed by atoms with Crippen LogP contribution in [0.2, 0.25) is 0 Å². The lowest BCUT2D eigenvalue weighted by atomic mass is 10.0. The molecule has 0 fully saturated rings. The second-order valence-corrected chi connectivity index (χ2v) is 7.33. The lowest BCUT2D eigenvalue weighted by Crippen LogP contribution is -2.30. The second kappa shape index (κ2) is 6.96. The fourth-order valence-corrected chi connectivity index (χ4v) is 3.94. The van der Waals surface area contributed by atoms with Crippen molar-refractivity contribution < 1.29 is 4.57 Å². The maximum atomic E-state index is 3.40. The molecule has 5 rings (SSSR count). The average molecular weight is 373 g/mol. The first-order valence-corrected chi connectivity index (χ1v) is 9.78. The number of fused-ring (bicyclic) bond motifs is 3. The molecule has 0 amide bonds. The molecule has 3 aromatic carbocycles. The predicted octanol–water partition coefficient (Wildman–Crippen LogP) is 5.45. The molecule has 0 atom stereocenters. The zero-order chi connectivity index (χ0) is 19.8. The van der Waals surface area contributed by atoms with Gasteiger partial charge < -0.3 is 0 Å². The molecule has 2 aromatic heterocycles. The highest BCUT2D eigenvalue weighted by molar-refractivity contribution is 6.08. The van der Waals surface area contributed by atoms with Crippen molar-refractivity contribution in [3.8, 4) is 23.2 Å². The summed E-state index contributed by atoms with van der Waals surface area (Å²) >= 11 is 0. The van der Waals surface area contributed by atoms with Crippen molar-refractivity contribution in [1.82, 2.24) is 4.57 Å². The molecule has 0 aliphatic rings. The van der Waals surface area contributed by atoms with Crippen LogP contribution in [0.15, 0.2) is 91.1 Å². The minimum absolute atomic E-state index is 1.01. The van der Waals surface area contributed by atoms with Gasteiger partial charge in [-0.25, -0.2) is 4.57 Å². The summed E-state index contributed by atoms with van der Waals surface area (Å²) in [4.78, 5) is 0. The van der Waals surface area contributed by atoms with Gasteiger partial charge in [0.25, 0.3) is 0 Å². The van der Waals surface area contributed by atoms with Crippen molar-refractivity contribution in [2.45, 2.75) is 6.92 Å². The number of aryl methyl sites for hydroxylation is 2. The number of benzene rings is 3. The Morgan fingerprint density at radius 1 is 0.759 bits per heavy atom. The highest BCUT2D eigenvalue weighted by Gasteiger charge is 2.12. The van der Waals surface area contributed by atoms with Gasteiger partial charge >= 0.3 is 0 Å². The molecule has 0 aliphatic carbocycles. The largest absolute Gasteiger partial charge is 0.268 e. The van der Waals surface area contributed by atoms with Gasteiger partial charge in [-0.05, 0) is 48.7 Å². The third-order valence-electron chi connectivity index (χ3n) is 5.46. The monoisotopic (exact) mass is 373 g/mol. The summed E-state index contributed by atoms with van der Waals surface area (Å²) in [5, 5.41) is 2.47. The number of para-hydroxylation sites is 2. The van der Waals surface area contributed by atoms with E-state index in [-0.39, 0.29) is 0 Å². The summed E-state index contributed by atoms with van der Waals surface area (Å²) in [5.74, 6) is 3.39. The van der Waals surface area contributed by atoms with E-state index in [1.165, 1.54) is 27.6 Å². The molecule has 0 saturated carbocycles. The number of pyridine rings is 1. The summed E-state index contributed by atoms with van der Waals surface area (Å²) in [7, 11) is 2.07. The minimum Gasteiger partial charge on any atom is -0.268 e. The van der Waals surface area contributed by atoms with Crippen LogP contribution in [0.1, 0.15) is 11.1 Å². The zero-order valence-electron chi connectivity index (χ0n) is 16.6. The Hall–Kier alpha value is -3.83. The Morgan fingerprint density at radius 2 is 1.41 bits per heavy atom. The van der Waals surface area contributed by atoms with Crippen LogP contribution in [0.5, 0.6) is 0 Å². The summed E-state index contributed by atoms with van der Waals surface area (Å²) in [6.07, 6.45) is 2.07. The SMILES string of the molecule is Cc1ccc(C#Cn2c3ccccc3c3ccccc32)cc1-c1cccc[n+]1C. The fraction of sp³-hybridized carbons (Fsp3) is 0.0741. The van der Waals surface area contributed by atoms with Crippen LogP contribution in [-0.2, 0) is 7.05 Å². The second-order valence-electron chi connectivity index (χ2n) is 7.33. The van der Waals surface area contributed by atoms with Crippen LogP contribution in [0, 0.1) is 18.9 Å². The molecule has 0 spiro atoms. The standard InChI is InChI=1S/C27H21N2/c1-20-14-15-21(19-24(20)25-11-7-8-17-28(25)2)16-18-29-26-12-5-3-9-22(26)23-10-4-6-13-27(23)29/h3-15,17,19H,1-2H3/q+1. The smallest absolute Gasteiger partial charge is 0.212 e. The molecular weight excluding hydrogens is 352 g/mol. The maximum Gasteiger partial charge on any atom is 0.212 e. The Morgan fingerprint density at radius 3 is 2.10 bits per heavy atom. The van der Waals surface area contributed by atoms with Crippen molar-refractivity contribution in [2.24, 2.45) is 7.05 Å². The molecule has 5 aromatic rings. The molecule has 29 heavy (non-hydrogen) atoms. The van der Waals surface area contributed by atoms with E-state index in [2.05, 4.69) is 120 Å². The molecule has 0 radical (unpaired) electrons. The van der Waals surface area contributed by atoms with E-state index in [9.17, 15) is 0 Å². The molecule has 2 heterocycles. The zero-order valence-corrected chi connectivity index (χ0v) is 16.6. The Labute approximate surface area is 170 Å². The van der Waals surface area contributed by atoms with Crippen molar-refractivity contribution in [2.75, 3.05) is 0 Å². The van der Waals surface area contributed by atoms with E-state index in [1.807, 2.05) is 6.07 Å². The van der Waals surface area contributed by atoms with Crippen molar-refractivity contribution in [3.63, 3.8) is 0 Å². The van der Waals surface area contributed by atoms with Crippen LogP contribution >= 0.6 is 0 Å². The molecule has 0 aliphatic heterocycles. The quantitative estimate of drug-likeness (QED) is 0.273. The van der Waals surface area contributed by atoms with Gasteiger partial charge in [-0.3, -0.25) is 4.57 Å². The van der Waals surface area contributed by atoms with Crippen LogP contribution in [0.25, 0.3) is 33.1 Å². The lowest BCUT2D eigenvalue weighted by Gasteiger charge is -2.05. The van der Waals surface area contributed by atoms with Crippen LogP contribution < -0.4 is 4.57 Å². The van der Waals surface area contributed by atoms with Crippen molar-refractivity contribution >= 4 is 21.8 Å². The number of hydrogen-bond donors (Lipinski definition) is 0. The topological polar surface area (TPSA) is 8.81 Å². The Balaban J connectivity index is 1.66. The molecule has 0 saturated heterocycles. The van der Waals surface area contributed by atoms with Gasteiger partial charge in [0.15, 0.2) is 6.20 Å². The third kappa shape index (κ3) is 2.98. The van der Waals surface area contributed by atoms with Gasteiger partial charge in [-0.15, -0.1) is 0 Å².